The van der Waals surface area contributed by atoms with E-state index in [2.05, 4.69) is 22.1 Å². The van der Waals surface area contributed by atoms with E-state index in [1.165, 1.54) is 0 Å². The molecule has 0 atom stereocenters. The molecule has 1 aromatic carbocycles. The van der Waals surface area contributed by atoms with Crippen LogP contribution in [-0.4, -0.2) is 9.97 Å². The third kappa shape index (κ3) is 1.16. The topological polar surface area (TPSA) is 38.9 Å². The highest BCUT2D eigenvalue weighted by molar-refractivity contribution is 6.06. The minimum atomic E-state index is 0.673. The van der Waals surface area contributed by atoms with Crippen molar-refractivity contribution in [3.63, 3.8) is 0 Å². The number of para-hydroxylation sites is 1. The van der Waals surface area contributed by atoms with E-state index in [-0.39, 0.29) is 0 Å². The van der Waals surface area contributed by atoms with Gasteiger partial charge in [-0.15, -0.1) is 0 Å². The van der Waals surface area contributed by atoms with Gasteiger partial charge >= 0.3 is 0 Å². The summed E-state index contributed by atoms with van der Waals surface area (Å²) in [4.78, 5) is 8.65. The van der Waals surface area contributed by atoms with Crippen LogP contribution in [0.25, 0.3) is 33.0 Å². The van der Waals surface area contributed by atoms with Gasteiger partial charge in [0.1, 0.15) is 5.58 Å². The average Bonchev–Trinajstić information content (AvgIpc) is 2.73. The van der Waals surface area contributed by atoms with E-state index in [1.807, 2.05) is 30.5 Å². The second kappa shape index (κ2) is 3.04. The fourth-order valence-electron chi connectivity index (χ4n) is 2.15. The number of nitrogens with zero attached hydrogens (tertiary/aromatic N) is 2. The van der Waals surface area contributed by atoms with Crippen molar-refractivity contribution in [2.75, 3.05) is 0 Å². The molecule has 0 bridgehead atoms. The second-order valence-corrected chi connectivity index (χ2v) is 4.01. The lowest BCUT2D eigenvalue weighted by atomic mass is 10.1. The van der Waals surface area contributed by atoms with Crippen LogP contribution in [0, 0.1) is 0 Å². The van der Waals surface area contributed by atoms with Gasteiger partial charge in [-0.05, 0) is 18.2 Å². The van der Waals surface area contributed by atoms with Gasteiger partial charge in [0.2, 0.25) is 5.71 Å². The van der Waals surface area contributed by atoms with E-state index in [4.69, 9.17) is 4.42 Å². The minimum absolute atomic E-state index is 0.673. The molecule has 3 heterocycles. The lowest BCUT2D eigenvalue weighted by Gasteiger charge is -1.95. The first-order valence-electron chi connectivity index (χ1n) is 5.44. The lowest BCUT2D eigenvalue weighted by molar-refractivity contribution is 0.655. The van der Waals surface area contributed by atoms with Crippen LogP contribution in [0.2, 0.25) is 0 Å². The van der Waals surface area contributed by atoms with Gasteiger partial charge in [0.05, 0.1) is 10.9 Å². The van der Waals surface area contributed by atoms with E-state index in [0.717, 1.165) is 27.3 Å². The van der Waals surface area contributed by atoms with E-state index in [9.17, 15) is 0 Å². The average molecular weight is 220 g/mol. The van der Waals surface area contributed by atoms with Gasteiger partial charge in [0, 0.05) is 23.2 Å². The third-order valence-corrected chi connectivity index (χ3v) is 2.97. The number of fused-ring (bicyclic) bond motifs is 4. The standard InChI is InChI=1S/C14H8N2O/c1-2-4-12-9(3-1)7-10-11-8-15-6-5-13(11)17-14(10)16-12/h1-8H. The van der Waals surface area contributed by atoms with Gasteiger partial charge in [0.15, 0.2) is 0 Å². The van der Waals surface area contributed by atoms with Crippen molar-refractivity contribution in [3.05, 3.63) is 48.8 Å². The molecular formula is C14H8N2O. The van der Waals surface area contributed by atoms with Crippen LogP contribution < -0.4 is 0 Å². The zero-order chi connectivity index (χ0) is 11.2. The van der Waals surface area contributed by atoms with Gasteiger partial charge in [-0.3, -0.25) is 4.98 Å². The maximum Gasteiger partial charge on any atom is 0.227 e. The van der Waals surface area contributed by atoms with Crippen LogP contribution in [0.5, 0.6) is 0 Å². The maximum atomic E-state index is 5.71. The van der Waals surface area contributed by atoms with Crippen molar-refractivity contribution in [3.8, 4) is 0 Å². The smallest absolute Gasteiger partial charge is 0.227 e. The van der Waals surface area contributed by atoms with Crippen molar-refractivity contribution in [2.45, 2.75) is 0 Å². The highest BCUT2D eigenvalue weighted by Gasteiger charge is 2.08. The van der Waals surface area contributed by atoms with E-state index < -0.39 is 0 Å². The Bertz CT molecular complexity index is 842. The Morgan fingerprint density at radius 3 is 2.94 bits per heavy atom. The highest BCUT2D eigenvalue weighted by atomic mass is 16.3. The number of benzene rings is 1. The van der Waals surface area contributed by atoms with Gasteiger partial charge in [-0.2, -0.15) is 0 Å². The molecule has 3 aromatic heterocycles. The van der Waals surface area contributed by atoms with Crippen LogP contribution >= 0.6 is 0 Å². The predicted molar refractivity (Wildman–Crippen MR) is 66.8 cm³/mol. The van der Waals surface area contributed by atoms with E-state index in [1.54, 1.807) is 6.20 Å². The number of rotatable bonds is 0. The Morgan fingerprint density at radius 1 is 1.00 bits per heavy atom. The summed E-state index contributed by atoms with van der Waals surface area (Å²) in [6.07, 6.45) is 3.54. The molecule has 0 fully saturated rings. The number of hydrogen-bond acceptors (Lipinski definition) is 3. The van der Waals surface area contributed by atoms with Crippen LogP contribution in [-0.2, 0) is 0 Å². The summed E-state index contributed by atoms with van der Waals surface area (Å²) in [5.41, 5.74) is 2.46. The number of furan rings is 1. The number of pyridine rings is 2. The van der Waals surface area contributed by atoms with Crippen molar-refractivity contribution >= 4 is 33.0 Å². The third-order valence-electron chi connectivity index (χ3n) is 2.97. The molecule has 0 saturated carbocycles. The van der Waals surface area contributed by atoms with Gasteiger partial charge in [-0.1, -0.05) is 18.2 Å². The molecule has 0 aliphatic rings. The number of aromatic nitrogens is 2. The summed E-state index contributed by atoms with van der Waals surface area (Å²) in [6.45, 7) is 0. The quantitative estimate of drug-likeness (QED) is 0.455. The molecule has 0 spiro atoms. The van der Waals surface area contributed by atoms with Crippen LogP contribution in [0.4, 0.5) is 0 Å². The Balaban J connectivity index is 2.28. The molecule has 17 heavy (non-hydrogen) atoms. The molecule has 3 nitrogen and oxygen atoms in total. The fourth-order valence-corrected chi connectivity index (χ4v) is 2.15. The van der Waals surface area contributed by atoms with Gasteiger partial charge in [-0.25, -0.2) is 4.98 Å². The summed E-state index contributed by atoms with van der Waals surface area (Å²) in [7, 11) is 0. The summed E-state index contributed by atoms with van der Waals surface area (Å²) >= 11 is 0. The molecule has 0 N–H and O–H groups in total. The molecule has 0 amide bonds. The maximum absolute atomic E-state index is 5.71. The molecule has 3 heteroatoms. The molecule has 4 aromatic rings. The fraction of sp³-hybridized carbons (Fsp3) is 0. The summed E-state index contributed by atoms with van der Waals surface area (Å²) in [5.74, 6) is 0. The first-order chi connectivity index (χ1) is 8.42. The van der Waals surface area contributed by atoms with Crippen LogP contribution in [0.15, 0.2) is 53.2 Å². The predicted octanol–water partition coefficient (Wildman–Crippen LogP) is 3.53. The summed E-state index contributed by atoms with van der Waals surface area (Å²) in [6, 6.07) is 12.0. The first kappa shape index (κ1) is 8.70. The number of hydrogen-bond donors (Lipinski definition) is 0. The normalized spacial score (nSPS) is 11.5. The molecule has 80 valence electrons. The monoisotopic (exact) mass is 220 g/mol. The Kier molecular flexibility index (Phi) is 1.56. The highest BCUT2D eigenvalue weighted by Crippen LogP contribution is 2.28. The van der Waals surface area contributed by atoms with Crippen molar-refractivity contribution in [1.29, 1.82) is 0 Å². The second-order valence-electron chi connectivity index (χ2n) is 4.01. The SMILES string of the molecule is c1ccc2nc3oc4ccncc4c3cc2c1. The zero-order valence-corrected chi connectivity index (χ0v) is 8.92. The molecule has 0 saturated heterocycles. The first-order valence-corrected chi connectivity index (χ1v) is 5.44. The molecule has 0 aliphatic carbocycles. The Labute approximate surface area is 96.7 Å². The van der Waals surface area contributed by atoms with Crippen LogP contribution in [0.3, 0.4) is 0 Å². The van der Waals surface area contributed by atoms with Crippen molar-refractivity contribution < 1.29 is 4.42 Å². The lowest BCUT2D eigenvalue weighted by Crippen LogP contribution is -1.78. The van der Waals surface area contributed by atoms with Crippen molar-refractivity contribution in [2.24, 2.45) is 0 Å². The molecule has 0 radical (unpaired) electrons. The summed E-state index contributed by atoms with van der Waals surface area (Å²) < 4.78 is 5.71. The molecule has 0 unspecified atom stereocenters. The molecule has 0 aliphatic heterocycles. The Morgan fingerprint density at radius 2 is 1.94 bits per heavy atom. The Hall–Kier alpha value is -2.42. The van der Waals surface area contributed by atoms with Gasteiger partial charge in [0.25, 0.3) is 0 Å². The minimum Gasteiger partial charge on any atom is -0.438 e. The van der Waals surface area contributed by atoms with E-state index >= 15 is 0 Å². The molecular weight excluding hydrogens is 212 g/mol. The molecule has 4 rings (SSSR count). The summed E-state index contributed by atoms with van der Waals surface area (Å²) in [5, 5.41) is 3.15. The van der Waals surface area contributed by atoms with Crippen LogP contribution in [0.1, 0.15) is 0 Å². The van der Waals surface area contributed by atoms with Gasteiger partial charge < -0.3 is 4.42 Å². The van der Waals surface area contributed by atoms with E-state index in [0.29, 0.717) is 5.71 Å². The van der Waals surface area contributed by atoms with Crippen molar-refractivity contribution in [1.82, 2.24) is 9.97 Å². The largest absolute Gasteiger partial charge is 0.438 e. The zero-order valence-electron chi connectivity index (χ0n) is 8.92.